The van der Waals surface area contributed by atoms with Crippen LogP contribution in [0.2, 0.25) is 5.02 Å². The number of carbonyl (C=O) groups excluding carboxylic acids is 1. The lowest BCUT2D eigenvalue weighted by molar-refractivity contribution is 0.102. The lowest BCUT2D eigenvalue weighted by Gasteiger charge is -2.07. The number of amides is 1. The highest BCUT2D eigenvalue weighted by Crippen LogP contribution is 2.24. The third-order valence-electron chi connectivity index (χ3n) is 2.61. The smallest absolute Gasteiger partial charge is 0.255 e. The summed E-state index contributed by atoms with van der Waals surface area (Å²) in [4.78, 5) is 12.1. The Morgan fingerprint density at radius 2 is 2.00 bits per heavy atom. The van der Waals surface area contributed by atoms with Crippen LogP contribution in [0.3, 0.4) is 0 Å². The SMILES string of the molecule is Cc1ccc(NC(=O)c2ccc(Cl)c(Br)c2)cc1I. The Morgan fingerprint density at radius 1 is 1.26 bits per heavy atom. The number of aryl methyl sites for hydroxylation is 1. The Bertz CT molecular complexity index is 645. The summed E-state index contributed by atoms with van der Waals surface area (Å²) in [6.07, 6.45) is 0. The largest absolute Gasteiger partial charge is 0.322 e. The van der Waals surface area contributed by atoms with Crippen molar-refractivity contribution in [3.8, 4) is 0 Å². The topological polar surface area (TPSA) is 29.1 Å². The van der Waals surface area contributed by atoms with Gasteiger partial charge >= 0.3 is 0 Å². The van der Waals surface area contributed by atoms with E-state index in [-0.39, 0.29) is 5.91 Å². The van der Waals surface area contributed by atoms with E-state index < -0.39 is 0 Å². The van der Waals surface area contributed by atoms with E-state index in [1.807, 2.05) is 25.1 Å². The second-order valence-electron chi connectivity index (χ2n) is 4.05. The highest BCUT2D eigenvalue weighted by molar-refractivity contribution is 14.1. The first-order chi connectivity index (χ1) is 8.97. The van der Waals surface area contributed by atoms with Crippen LogP contribution >= 0.6 is 50.1 Å². The van der Waals surface area contributed by atoms with Gasteiger partial charge < -0.3 is 5.32 Å². The van der Waals surface area contributed by atoms with Crippen molar-refractivity contribution in [1.82, 2.24) is 0 Å². The summed E-state index contributed by atoms with van der Waals surface area (Å²) >= 11 is 11.5. The van der Waals surface area contributed by atoms with Gasteiger partial charge in [0.25, 0.3) is 5.91 Å². The van der Waals surface area contributed by atoms with Gasteiger partial charge in [-0.2, -0.15) is 0 Å². The molecule has 2 rings (SSSR count). The molecule has 0 radical (unpaired) electrons. The molecule has 0 saturated heterocycles. The Kier molecular flexibility index (Phi) is 4.86. The molecule has 0 bridgehead atoms. The Balaban J connectivity index is 2.20. The van der Waals surface area contributed by atoms with Crippen molar-refractivity contribution in [2.75, 3.05) is 5.32 Å². The molecule has 0 aliphatic heterocycles. The van der Waals surface area contributed by atoms with Crippen molar-refractivity contribution < 1.29 is 4.79 Å². The molecule has 2 aromatic carbocycles. The third-order valence-corrected chi connectivity index (χ3v) is 4.99. The molecule has 2 nitrogen and oxygen atoms in total. The maximum absolute atomic E-state index is 12.1. The molecule has 0 unspecified atom stereocenters. The Hall–Kier alpha value is -0.590. The molecule has 0 saturated carbocycles. The first-order valence-corrected chi connectivity index (χ1v) is 7.75. The first kappa shape index (κ1) is 14.8. The van der Waals surface area contributed by atoms with Crippen LogP contribution in [0.15, 0.2) is 40.9 Å². The third kappa shape index (κ3) is 3.70. The molecular formula is C14H10BrClINO. The number of rotatable bonds is 2. The van der Waals surface area contributed by atoms with Crippen LogP contribution in [0.5, 0.6) is 0 Å². The van der Waals surface area contributed by atoms with Gasteiger partial charge in [0.15, 0.2) is 0 Å². The summed E-state index contributed by atoms with van der Waals surface area (Å²) in [5.74, 6) is -0.156. The summed E-state index contributed by atoms with van der Waals surface area (Å²) in [6.45, 7) is 2.03. The Labute approximate surface area is 138 Å². The molecule has 0 aliphatic carbocycles. The molecule has 2 aromatic rings. The summed E-state index contributed by atoms with van der Waals surface area (Å²) in [5, 5.41) is 3.45. The summed E-state index contributed by atoms with van der Waals surface area (Å²) < 4.78 is 1.83. The standard InChI is InChI=1S/C14H10BrClINO/c1-8-2-4-10(7-13(8)17)18-14(19)9-3-5-12(16)11(15)6-9/h2-7H,1H3,(H,18,19). The van der Waals surface area contributed by atoms with Gasteiger partial charge in [0.1, 0.15) is 0 Å². The maximum atomic E-state index is 12.1. The van der Waals surface area contributed by atoms with Gasteiger partial charge in [-0.1, -0.05) is 17.7 Å². The van der Waals surface area contributed by atoms with E-state index in [0.29, 0.717) is 15.1 Å². The number of anilines is 1. The second kappa shape index (κ2) is 6.24. The molecule has 1 amide bonds. The average molecular weight is 451 g/mol. The molecule has 0 fully saturated rings. The van der Waals surface area contributed by atoms with E-state index in [9.17, 15) is 4.79 Å². The molecule has 0 atom stereocenters. The normalized spacial score (nSPS) is 10.3. The van der Waals surface area contributed by atoms with Crippen molar-refractivity contribution in [2.45, 2.75) is 6.92 Å². The summed E-state index contributed by atoms with van der Waals surface area (Å²) in [6, 6.07) is 10.9. The highest BCUT2D eigenvalue weighted by Gasteiger charge is 2.08. The van der Waals surface area contributed by atoms with Crippen LogP contribution in [0.25, 0.3) is 0 Å². The van der Waals surface area contributed by atoms with Crippen LogP contribution in [0, 0.1) is 10.5 Å². The molecule has 0 aromatic heterocycles. The van der Waals surface area contributed by atoms with E-state index >= 15 is 0 Å². The van der Waals surface area contributed by atoms with E-state index in [1.165, 1.54) is 5.56 Å². The molecule has 5 heteroatoms. The van der Waals surface area contributed by atoms with Crippen molar-refractivity contribution in [3.63, 3.8) is 0 Å². The van der Waals surface area contributed by atoms with Crippen molar-refractivity contribution in [3.05, 3.63) is 60.6 Å². The van der Waals surface area contributed by atoms with Gasteiger partial charge in [-0.15, -0.1) is 0 Å². The molecule has 1 N–H and O–H groups in total. The molecule has 0 spiro atoms. The molecule has 0 heterocycles. The number of carbonyl (C=O) groups is 1. The number of halogens is 3. The minimum atomic E-state index is -0.156. The minimum Gasteiger partial charge on any atom is -0.322 e. The van der Waals surface area contributed by atoms with Crippen LogP contribution in [-0.2, 0) is 0 Å². The highest BCUT2D eigenvalue weighted by atomic mass is 127. The van der Waals surface area contributed by atoms with E-state index in [2.05, 4.69) is 43.8 Å². The van der Waals surface area contributed by atoms with Crippen molar-refractivity contribution in [1.29, 1.82) is 0 Å². The summed E-state index contributed by atoms with van der Waals surface area (Å²) in [5.41, 5.74) is 2.53. The van der Waals surface area contributed by atoms with Gasteiger partial charge in [-0.3, -0.25) is 4.79 Å². The molecule has 19 heavy (non-hydrogen) atoms. The van der Waals surface area contributed by atoms with Gasteiger partial charge in [0.2, 0.25) is 0 Å². The second-order valence-corrected chi connectivity index (χ2v) is 6.47. The number of benzene rings is 2. The quantitative estimate of drug-likeness (QED) is 0.621. The van der Waals surface area contributed by atoms with Gasteiger partial charge in [-0.25, -0.2) is 0 Å². The van der Waals surface area contributed by atoms with Gasteiger partial charge in [0.05, 0.1) is 5.02 Å². The number of nitrogens with one attached hydrogen (secondary N) is 1. The zero-order valence-electron chi connectivity index (χ0n) is 10.0. The van der Waals surface area contributed by atoms with Gasteiger partial charge in [-0.05, 0) is 81.3 Å². The zero-order valence-corrected chi connectivity index (χ0v) is 14.5. The summed E-state index contributed by atoms with van der Waals surface area (Å²) in [7, 11) is 0. The van der Waals surface area contributed by atoms with Crippen LogP contribution in [0.1, 0.15) is 15.9 Å². The van der Waals surface area contributed by atoms with Gasteiger partial charge in [0, 0.05) is 19.3 Å². The first-order valence-electron chi connectivity index (χ1n) is 5.50. The molecule has 0 aliphatic rings. The lowest BCUT2D eigenvalue weighted by Crippen LogP contribution is -2.12. The van der Waals surface area contributed by atoms with E-state index in [0.717, 1.165) is 9.26 Å². The minimum absolute atomic E-state index is 0.156. The Morgan fingerprint density at radius 3 is 2.63 bits per heavy atom. The zero-order chi connectivity index (χ0) is 14.0. The van der Waals surface area contributed by atoms with E-state index in [1.54, 1.807) is 18.2 Å². The van der Waals surface area contributed by atoms with Crippen molar-refractivity contribution >= 4 is 61.7 Å². The van der Waals surface area contributed by atoms with Crippen LogP contribution < -0.4 is 5.32 Å². The van der Waals surface area contributed by atoms with Crippen LogP contribution in [0.4, 0.5) is 5.69 Å². The molecular weight excluding hydrogens is 440 g/mol. The fourth-order valence-corrected chi connectivity index (χ4v) is 2.52. The monoisotopic (exact) mass is 449 g/mol. The molecule has 98 valence electrons. The average Bonchev–Trinajstić information content (AvgIpc) is 2.37. The fraction of sp³-hybridized carbons (Fsp3) is 0.0714. The predicted octanol–water partition coefficient (Wildman–Crippen LogP) is 5.27. The lowest BCUT2D eigenvalue weighted by atomic mass is 10.2. The fourth-order valence-electron chi connectivity index (χ4n) is 1.51. The van der Waals surface area contributed by atoms with E-state index in [4.69, 9.17) is 11.6 Å². The predicted molar refractivity (Wildman–Crippen MR) is 91.0 cm³/mol. The number of hydrogen-bond acceptors (Lipinski definition) is 1. The van der Waals surface area contributed by atoms with Crippen LogP contribution in [-0.4, -0.2) is 5.91 Å². The van der Waals surface area contributed by atoms with Crippen molar-refractivity contribution in [2.24, 2.45) is 0 Å². The number of hydrogen-bond donors (Lipinski definition) is 1. The maximum Gasteiger partial charge on any atom is 0.255 e.